The Balaban J connectivity index is 1.78. The molecule has 0 spiro atoms. The zero-order valence-electron chi connectivity index (χ0n) is 13.1. The third kappa shape index (κ3) is 3.45. The Hall–Kier alpha value is -2.14. The monoisotopic (exact) mass is 328 g/mol. The predicted molar refractivity (Wildman–Crippen MR) is 92.5 cm³/mol. The molecule has 2 heterocycles. The van der Waals surface area contributed by atoms with E-state index in [9.17, 15) is 9.59 Å². The fourth-order valence-corrected chi connectivity index (χ4v) is 3.56. The molecular weight excluding hydrogens is 308 g/mol. The molecule has 23 heavy (non-hydrogen) atoms. The average Bonchev–Trinajstić information content (AvgIpc) is 3.01. The van der Waals surface area contributed by atoms with Crippen LogP contribution in [0.5, 0.6) is 0 Å². The highest BCUT2D eigenvalue weighted by Crippen LogP contribution is 2.28. The van der Waals surface area contributed by atoms with E-state index in [0.717, 1.165) is 29.0 Å². The molecule has 1 atom stereocenters. The predicted octanol–water partition coefficient (Wildman–Crippen LogP) is 3.12. The van der Waals surface area contributed by atoms with E-state index in [1.165, 1.54) is 0 Å². The van der Waals surface area contributed by atoms with Crippen molar-refractivity contribution in [2.24, 2.45) is 0 Å². The van der Waals surface area contributed by atoms with Crippen molar-refractivity contribution in [3.8, 4) is 0 Å². The first-order valence-electron chi connectivity index (χ1n) is 7.87. The number of nitrogens with one attached hydrogen (secondary N) is 1. The molecule has 0 bridgehead atoms. The lowest BCUT2D eigenvalue weighted by molar-refractivity contribution is -0.126. The van der Waals surface area contributed by atoms with Gasteiger partial charge in [0.25, 0.3) is 0 Å². The molecule has 1 aliphatic heterocycles. The standard InChI is InChI=1S/C18H20N2O2S/c1-13(18(22)19-12-15-8-5-11-23-15)20-16-9-3-2-6-14(16)7-4-10-17(20)21/h2-3,5-6,8-9,11,13H,4,7,10,12H2,1H3,(H,19,22). The topological polar surface area (TPSA) is 49.4 Å². The van der Waals surface area contributed by atoms with Crippen molar-refractivity contribution in [2.75, 3.05) is 4.90 Å². The van der Waals surface area contributed by atoms with Gasteiger partial charge in [0.05, 0.1) is 6.54 Å². The maximum Gasteiger partial charge on any atom is 0.243 e. The van der Waals surface area contributed by atoms with Crippen LogP contribution in [-0.4, -0.2) is 17.9 Å². The van der Waals surface area contributed by atoms with Gasteiger partial charge in [-0.25, -0.2) is 0 Å². The molecular formula is C18H20N2O2S. The van der Waals surface area contributed by atoms with E-state index < -0.39 is 6.04 Å². The molecule has 2 aromatic rings. The number of thiophene rings is 1. The summed E-state index contributed by atoms with van der Waals surface area (Å²) in [6.45, 7) is 2.30. The van der Waals surface area contributed by atoms with Crippen molar-refractivity contribution in [3.05, 3.63) is 52.2 Å². The van der Waals surface area contributed by atoms with Crippen molar-refractivity contribution < 1.29 is 9.59 Å². The number of para-hydroxylation sites is 1. The van der Waals surface area contributed by atoms with E-state index in [-0.39, 0.29) is 11.8 Å². The molecule has 1 aromatic heterocycles. The lowest BCUT2D eigenvalue weighted by atomic mass is 10.1. The van der Waals surface area contributed by atoms with Crippen LogP contribution in [0.2, 0.25) is 0 Å². The van der Waals surface area contributed by atoms with E-state index >= 15 is 0 Å². The van der Waals surface area contributed by atoms with E-state index in [0.29, 0.717) is 13.0 Å². The fraction of sp³-hybridized carbons (Fsp3) is 0.333. The third-order valence-corrected chi connectivity index (χ3v) is 5.02. The summed E-state index contributed by atoms with van der Waals surface area (Å²) in [5.41, 5.74) is 2.00. The number of rotatable bonds is 4. The molecule has 0 fully saturated rings. The van der Waals surface area contributed by atoms with E-state index in [1.54, 1.807) is 23.2 Å². The van der Waals surface area contributed by atoms with Gasteiger partial charge in [-0.05, 0) is 42.8 Å². The number of anilines is 1. The number of carbonyl (C=O) groups excluding carboxylic acids is 2. The molecule has 1 unspecified atom stereocenters. The van der Waals surface area contributed by atoms with Gasteiger partial charge in [-0.1, -0.05) is 24.3 Å². The smallest absolute Gasteiger partial charge is 0.243 e. The number of hydrogen-bond donors (Lipinski definition) is 1. The summed E-state index contributed by atoms with van der Waals surface area (Å²) in [4.78, 5) is 27.8. The maximum atomic E-state index is 12.5. The Bertz CT molecular complexity index is 697. The Morgan fingerprint density at radius 3 is 2.87 bits per heavy atom. The summed E-state index contributed by atoms with van der Waals surface area (Å²) in [7, 11) is 0. The molecule has 1 aliphatic rings. The Kier molecular flexibility index (Phi) is 4.76. The molecule has 1 N–H and O–H groups in total. The number of nitrogens with zero attached hydrogens (tertiary/aromatic N) is 1. The summed E-state index contributed by atoms with van der Waals surface area (Å²) < 4.78 is 0. The minimum Gasteiger partial charge on any atom is -0.349 e. The largest absolute Gasteiger partial charge is 0.349 e. The van der Waals surface area contributed by atoms with Gasteiger partial charge < -0.3 is 5.32 Å². The zero-order chi connectivity index (χ0) is 16.2. The van der Waals surface area contributed by atoms with E-state index in [2.05, 4.69) is 5.32 Å². The maximum absolute atomic E-state index is 12.5. The lowest BCUT2D eigenvalue weighted by Gasteiger charge is -2.28. The van der Waals surface area contributed by atoms with Gasteiger partial charge in [-0.2, -0.15) is 0 Å². The SMILES string of the molecule is CC(C(=O)NCc1cccs1)N1C(=O)CCCc2ccccc21. The van der Waals surface area contributed by atoms with Gasteiger partial charge in [0, 0.05) is 17.0 Å². The van der Waals surface area contributed by atoms with Gasteiger partial charge in [-0.3, -0.25) is 14.5 Å². The van der Waals surface area contributed by atoms with Gasteiger partial charge in [-0.15, -0.1) is 11.3 Å². The number of aryl methyl sites for hydroxylation is 1. The highest BCUT2D eigenvalue weighted by atomic mass is 32.1. The zero-order valence-corrected chi connectivity index (χ0v) is 13.9. The van der Waals surface area contributed by atoms with Crippen molar-refractivity contribution >= 4 is 28.8 Å². The van der Waals surface area contributed by atoms with E-state index in [1.807, 2.05) is 41.8 Å². The third-order valence-electron chi connectivity index (χ3n) is 4.14. The summed E-state index contributed by atoms with van der Waals surface area (Å²) in [5.74, 6) is -0.0998. The minimum absolute atomic E-state index is 0.0220. The fourth-order valence-electron chi connectivity index (χ4n) is 2.92. The first kappa shape index (κ1) is 15.7. The van der Waals surface area contributed by atoms with Crippen molar-refractivity contribution in [3.63, 3.8) is 0 Å². The second-order valence-corrected chi connectivity index (χ2v) is 6.75. The van der Waals surface area contributed by atoms with Crippen LogP contribution in [0.25, 0.3) is 0 Å². The van der Waals surface area contributed by atoms with Crippen LogP contribution in [0, 0.1) is 0 Å². The molecule has 5 heteroatoms. The van der Waals surface area contributed by atoms with Crippen LogP contribution in [0.4, 0.5) is 5.69 Å². The quantitative estimate of drug-likeness (QED) is 0.937. The molecule has 0 aliphatic carbocycles. The molecule has 120 valence electrons. The number of benzene rings is 1. The minimum atomic E-state index is -0.512. The number of carbonyl (C=O) groups is 2. The van der Waals surface area contributed by atoms with Gasteiger partial charge in [0.1, 0.15) is 6.04 Å². The number of fused-ring (bicyclic) bond motifs is 1. The summed E-state index contributed by atoms with van der Waals surface area (Å²) >= 11 is 1.61. The summed E-state index contributed by atoms with van der Waals surface area (Å²) in [6.07, 6.45) is 2.19. The van der Waals surface area contributed by atoms with Crippen LogP contribution in [0.3, 0.4) is 0 Å². The first-order chi connectivity index (χ1) is 11.2. The molecule has 0 radical (unpaired) electrons. The highest BCUT2D eigenvalue weighted by Gasteiger charge is 2.30. The normalized spacial score (nSPS) is 15.7. The van der Waals surface area contributed by atoms with Crippen LogP contribution < -0.4 is 10.2 Å². The summed E-state index contributed by atoms with van der Waals surface area (Å²) in [5, 5.41) is 4.92. The molecule has 0 saturated carbocycles. The van der Waals surface area contributed by atoms with Crippen molar-refractivity contribution in [2.45, 2.75) is 38.8 Å². The Labute approximate surface area is 140 Å². The average molecular weight is 328 g/mol. The van der Waals surface area contributed by atoms with Crippen molar-refractivity contribution in [1.82, 2.24) is 5.32 Å². The van der Waals surface area contributed by atoms with Crippen LogP contribution >= 0.6 is 11.3 Å². The molecule has 3 rings (SSSR count). The van der Waals surface area contributed by atoms with E-state index in [4.69, 9.17) is 0 Å². The summed E-state index contributed by atoms with van der Waals surface area (Å²) in [6, 6.07) is 11.3. The molecule has 1 aromatic carbocycles. The van der Waals surface area contributed by atoms with Crippen LogP contribution in [0.1, 0.15) is 30.2 Å². The van der Waals surface area contributed by atoms with Gasteiger partial charge in [0.15, 0.2) is 0 Å². The van der Waals surface area contributed by atoms with Crippen molar-refractivity contribution in [1.29, 1.82) is 0 Å². The lowest BCUT2D eigenvalue weighted by Crippen LogP contribution is -2.48. The van der Waals surface area contributed by atoms with Gasteiger partial charge in [0.2, 0.25) is 11.8 Å². The number of hydrogen-bond acceptors (Lipinski definition) is 3. The van der Waals surface area contributed by atoms with Gasteiger partial charge >= 0.3 is 0 Å². The molecule has 4 nitrogen and oxygen atoms in total. The first-order valence-corrected chi connectivity index (χ1v) is 8.75. The Morgan fingerprint density at radius 2 is 2.09 bits per heavy atom. The molecule has 2 amide bonds. The Morgan fingerprint density at radius 1 is 1.26 bits per heavy atom. The second-order valence-electron chi connectivity index (χ2n) is 5.72. The second kappa shape index (κ2) is 6.96. The van der Waals surface area contributed by atoms with Crippen LogP contribution in [-0.2, 0) is 22.6 Å². The number of amides is 2. The highest BCUT2D eigenvalue weighted by molar-refractivity contribution is 7.09. The van der Waals surface area contributed by atoms with Crippen LogP contribution in [0.15, 0.2) is 41.8 Å². The molecule has 0 saturated heterocycles.